The van der Waals surface area contributed by atoms with E-state index in [0.29, 0.717) is 26.3 Å². The van der Waals surface area contributed by atoms with Gasteiger partial charge in [0.25, 0.3) is 5.91 Å². The standard InChI is InChI=1S/C11H17N3O3/c1-8-6-10(15)9(7-14-8)11(16)13-3-5-17-4-2-12/h6-7H,2-5,12H2,1H3,(H,13,16)(H,14,15). The molecule has 0 aliphatic heterocycles. The number of nitrogens with one attached hydrogen (secondary N) is 2. The molecule has 0 aliphatic carbocycles. The number of hydrogen-bond donors (Lipinski definition) is 3. The number of aryl methyl sites for hydroxylation is 1. The maximum atomic E-state index is 11.6. The molecule has 0 saturated carbocycles. The molecule has 6 nitrogen and oxygen atoms in total. The fourth-order valence-electron chi connectivity index (χ4n) is 1.27. The summed E-state index contributed by atoms with van der Waals surface area (Å²) in [5.41, 5.74) is 5.77. The Hall–Kier alpha value is -1.66. The number of amides is 1. The lowest BCUT2D eigenvalue weighted by atomic mass is 10.2. The molecule has 1 heterocycles. The summed E-state index contributed by atoms with van der Waals surface area (Å²) in [6.07, 6.45) is 1.41. The van der Waals surface area contributed by atoms with E-state index in [1.54, 1.807) is 6.92 Å². The number of aromatic amines is 1. The van der Waals surface area contributed by atoms with Gasteiger partial charge in [-0.1, -0.05) is 0 Å². The van der Waals surface area contributed by atoms with Gasteiger partial charge in [-0.25, -0.2) is 0 Å². The highest BCUT2D eigenvalue weighted by Crippen LogP contribution is 1.91. The van der Waals surface area contributed by atoms with E-state index in [-0.39, 0.29) is 11.0 Å². The van der Waals surface area contributed by atoms with Crippen LogP contribution in [0.25, 0.3) is 0 Å². The molecule has 1 amide bonds. The summed E-state index contributed by atoms with van der Waals surface area (Å²) >= 11 is 0. The van der Waals surface area contributed by atoms with Crippen LogP contribution in [0.5, 0.6) is 0 Å². The molecule has 0 bridgehead atoms. The number of hydrogen-bond acceptors (Lipinski definition) is 4. The van der Waals surface area contributed by atoms with Crippen molar-refractivity contribution in [2.24, 2.45) is 5.73 Å². The van der Waals surface area contributed by atoms with Gasteiger partial charge in [0.2, 0.25) is 0 Å². The first-order chi connectivity index (χ1) is 8.15. The number of nitrogens with two attached hydrogens (primary N) is 1. The quantitative estimate of drug-likeness (QED) is 0.577. The topological polar surface area (TPSA) is 97.2 Å². The average molecular weight is 239 g/mol. The van der Waals surface area contributed by atoms with Crippen LogP contribution in [0.3, 0.4) is 0 Å². The molecule has 17 heavy (non-hydrogen) atoms. The van der Waals surface area contributed by atoms with E-state index < -0.39 is 5.91 Å². The summed E-state index contributed by atoms with van der Waals surface area (Å²) in [5, 5.41) is 2.59. The lowest BCUT2D eigenvalue weighted by Crippen LogP contribution is -2.31. The van der Waals surface area contributed by atoms with Crippen molar-refractivity contribution in [1.29, 1.82) is 0 Å². The van der Waals surface area contributed by atoms with Crippen molar-refractivity contribution >= 4 is 5.91 Å². The first-order valence-electron chi connectivity index (χ1n) is 5.40. The molecule has 4 N–H and O–H groups in total. The summed E-state index contributed by atoms with van der Waals surface area (Å²) < 4.78 is 5.09. The molecule has 6 heteroatoms. The van der Waals surface area contributed by atoms with E-state index in [0.717, 1.165) is 5.69 Å². The fourth-order valence-corrected chi connectivity index (χ4v) is 1.27. The summed E-state index contributed by atoms with van der Waals surface area (Å²) in [6.45, 7) is 3.40. The molecule has 0 radical (unpaired) electrons. The average Bonchev–Trinajstić information content (AvgIpc) is 2.28. The highest BCUT2D eigenvalue weighted by molar-refractivity contribution is 5.93. The Balaban J connectivity index is 2.45. The molecule has 0 saturated heterocycles. The molecule has 94 valence electrons. The highest BCUT2D eigenvalue weighted by atomic mass is 16.5. The molecular formula is C11H17N3O3. The number of ether oxygens (including phenoxy) is 1. The highest BCUT2D eigenvalue weighted by Gasteiger charge is 2.08. The lowest BCUT2D eigenvalue weighted by molar-refractivity contribution is 0.0918. The third kappa shape index (κ3) is 4.38. The molecule has 0 unspecified atom stereocenters. The van der Waals surface area contributed by atoms with Gasteiger partial charge in [-0.2, -0.15) is 0 Å². The number of pyridine rings is 1. The minimum Gasteiger partial charge on any atom is -0.378 e. The van der Waals surface area contributed by atoms with Gasteiger partial charge in [0, 0.05) is 31.0 Å². The molecule has 0 aliphatic rings. The third-order valence-corrected chi connectivity index (χ3v) is 2.10. The van der Waals surface area contributed by atoms with Gasteiger partial charge in [0.05, 0.1) is 13.2 Å². The normalized spacial score (nSPS) is 10.2. The van der Waals surface area contributed by atoms with E-state index >= 15 is 0 Å². The largest absolute Gasteiger partial charge is 0.378 e. The Morgan fingerprint density at radius 2 is 2.29 bits per heavy atom. The minimum absolute atomic E-state index is 0.106. The third-order valence-electron chi connectivity index (χ3n) is 2.10. The van der Waals surface area contributed by atoms with E-state index in [4.69, 9.17) is 10.5 Å². The van der Waals surface area contributed by atoms with Crippen molar-refractivity contribution in [1.82, 2.24) is 10.3 Å². The van der Waals surface area contributed by atoms with Gasteiger partial charge in [-0.3, -0.25) is 9.59 Å². The maximum absolute atomic E-state index is 11.6. The number of rotatable bonds is 6. The maximum Gasteiger partial charge on any atom is 0.256 e. The van der Waals surface area contributed by atoms with Crippen molar-refractivity contribution in [3.05, 3.63) is 33.7 Å². The van der Waals surface area contributed by atoms with Gasteiger partial charge < -0.3 is 20.8 Å². The van der Waals surface area contributed by atoms with Gasteiger partial charge in [0.15, 0.2) is 5.43 Å². The number of aromatic nitrogens is 1. The van der Waals surface area contributed by atoms with Crippen LogP contribution >= 0.6 is 0 Å². The first kappa shape index (κ1) is 13.4. The summed E-state index contributed by atoms with van der Waals surface area (Å²) in [5.74, 6) is -0.400. The molecule has 1 aromatic heterocycles. The summed E-state index contributed by atoms with van der Waals surface area (Å²) in [6, 6.07) is 1.39. The van der Waals surface area contributed by atoms with Crippen molar-refractivity contribution < 1.29 is 9.53 Å². The fraction of sp³-hybridized carbons (Fsp3) is 0.455. The van der Waals surface area contributed by atoms with E-state index in [1.165, 1.54) is 12.3 Å². The SMILES string of the molecule is Cc1cc(=O)c(C(=O)NCCOCCN)c[nH]1. The molecule has 0 aromatic carbocycles. The predicted octanol–water partition coefficient (Wildman–Crippen LogP) is -0.612. The smallest absolute Gasteiger partial charge is 0.256 e. The predicted molar refractivity (Wildman–Crippen MR) is 64.0 cm³/mol. The lowest BCUT2D eigenvalue weighted by Gasteiger charge is -2.05. The van der Waals surface area contributed by atoms with Crippen LogP contribution in [0.4, 0.5) is 0 Å². The van der Waals surface area contributed by atoms with Gasteiger partial charge in [-0.15, -0.1) is 0 Å². The van der Waals surface area contributed by atoms with E-state index in [1.807, 2.05) is 0 Å². The molecule has 0 spiro atoms. The molecule has 0 atom stereocenters. The zero-order valence-electron chi connectivity index (χ0n) is 9.79. The van der Waals surface area contributed by atoms with E-state index in [2.05, 4.69) is 10.3 Å². The van der Waals surface area contributed by atoms with Gasteiger partial charge >= 0.3 is 0 Å². The first-order valence-corrected chi connectivity index (χ1v) is 5.40. The van der Waals surface area contributed by atoms with Crippen molar-refractivity contribution in [3.63, 3.8) is 0 Å². The van der Waals surface area contributed by atoms with Gasteiger partial charge in [-0.05, 0) is 6.92 Å². The van der Waals surface area contributed by atoms with Crippen LogP contribution in [-0.2, 0) is 4.74 Å². The molecular weight excluding hydrogens is 222 g/mol. The second kappa shape index (κ2) is 6.82. The Bertz CT molecular complexity index is 428. The van der Waals surface area contributed by atoms with Crippen LogP contribution in [0.15, 0.2) is 17.1 Å². The molecule has 1 aromatic rings. The van der Waals surface area contributed by atoms with Crippen molar-refractivity contribution in [3.8, 4) is 0 Å². The summed E-state index contributed by atoms with van der Waals surface area (Å²) in [7, 11) is 0. The Morgan fingerprint density at radius 1 is 1.53 bits per heavy atom. The zero-order valence-corrected chi connectivity index (χ0v) is 9.79. The Morgan fingerprint density at radius 3 is 2.94 bits per heavy atom. The Labute approximate surface area is 99.2 Å². The minimum atomic E-state index is -0.400. The number of H-pyrrole nitrogens is 1. The van der Waals surface area contributed by atoms with Gasteiger partial charge in [0.1, 0.15) is 5.56 Å². The van der Waals surface area contributed by atoms with Crippen LogP contribution in [0, 0.1) is 6.92 Å². The number of carbonyl (C=O) groups excluding carboxylic acids is 1. The van der Waals surface area contributed by atoms with Crippen LogP contribution < -0.4 is 16.5 Å². The van der Waals surface area contributed by atoms with Crippen LogP contribution in [-0.4, -0.2) is 37.2 Å². The second-order valence-electron chi connectivity index (χ2n) is 3.55. The zero-order chi connectivity index (χ0) is 12.7. The Kier molecular flexibility index (Phi) is 5.38. The van der Waals surface area contributed by atoms with Crippen LogP contribution in [0.2, 0.25) is 0 Å². The molecule has 1 rings (SSSR count). The number of carbonyl (C=O) groups is 1. The van der Waals surface area contributed by atoms with Crippen molar-refractivity contribution in [2.75, 3.05) is 26.3 Å². The summed E-state index contributed by atoms with van der Waals surface area (Å²) in [4.78, 5) is 25.9. The molecule has 0 fully saturated rings. The van der Waals surface area contributed by atoms with Crippen molar-refractivity contribution in [2.45, 2.75) is 6.92 Å². The van der Waals surface area contributed by atoms with E-state index in [9.17, 15) is 9.59 Å². The van der Waals surface area contributed by atoms with Crippen LogP contribution in [0.1, 0.15) is 16.1 Å². The monoisotopic (exact) mass is 239 g/mol. The second-order valence-corrected chi connectivity index (χ2v) is 3.55.